The number of hydrogen-bond donors (Lipinski definition) is 1. The van der Waals surface area contributed by atoms with Crippen LogP contribution in [0.4, 0.5) is 8.78 Å². The molecule has 1 fully saturated rings. The molecule has 0 aliphatic heterocycles. The molecule has 1 aromatic heterocycles. The summed E-state index contributed by atoms with van der Waals surface area (Å²) in [6.07, 6.45) is 4.12. The highest BCUT2D eigenvalue weighted by Gasteiger charge is 2.37. The summed E-state index contributed by atoms with van der Waals surface area (Å²) >= 11 is 0. The van der Waals surface area contributed by atoms with Crippen molar-refractivity contribution in [3.63, 3.8) is 0 Å². The van der Waals surface area contributed by atoms with E-state index in [0.717, 1.165) is 29.1 Å². The predicted molar refractivity (Wildman–Crippen MR) is 107 cm³/mol. The number of rotatable bonds is 8. The summed E-state index contributed by atoms with van der Waals surface area (Å²) in [7, 11) is -2.06. The Balaban J connectivity index is 1.95. The Morgan fingerprint density at radius 2 is 1.97 bits per heavy atom. The molecule has 10 heteroatoms. The predicted octanol–water partition coefficient (Wildman–Crippen LogP) is 3.39. The van der Waals surface area contributed by atoms with Gasteiger partial charge in [0.25, 0.3) is 11.8 Å². The molecule has 1 amide bonds. The lowest BCUT2D eigenvalue weighted by atomic mass is 10.2. The van der Waals surface area contributed by atoms with Crippen LogP contribution >= 0.6 is 0 Å². The van der Waals surface area contributed by atoms with Gasteiger partial charge in [-0.05, 0) is 30.9 Å². The molecule has 162 valence electrons. The van der Waals surface area contributed by atoms with Crippen LogP contribution in [-0.4, -0.2) is 36.2 Å². The molecule has 1 aliphatic rings. The first-order chi connectivity index (χ1) is 14.0. The highest BCUT2D eigenvalue weighted by atomic mass is 32.2. The van der Waals surface area contributed by atoms with Gasteiger partial charge in [-0.1, -0.05) is 24.3 Å². The van der Waals surface area contributed by atoms with E-state index in [4.69, 9.17) is 4.74 Å². The summed E-state index contributed by atoms with van der Waals surface area (Å²) in [6.45, 7) is 0.686. The summed E-state index contributed by atoms with van der Waals surface area (Å²) in [5, 5.41) is 3.76. The standard InChI is InChI=1S/C20H23F2N3O4S/c1-20(21,22)19-24-18(29-14-7-5-4-6-8-14)16(25(19)2)17(26)23-15(13-9-10-13)11-12-30(3,27)28/h4-8,11-13,15H,9-10H2,1-3H3,(H,23,26)/b12-11+/t15-/m1/s1. The molecule has 0 spiro atoms. The highest BCUT2D eigenvalue weighted by Crippen LogP contribution is 2.35. The van der Waals surface area contributed by atoms with Crippen molar-refractivity contribution in [2.75, 3.05) is 6.26 Å². The van der Waals surface area contributed by atoms with Gasteiger partial charge in [-0.15, -0.1) is 0 Å². The van der Waals surface area contributed by atoms with Crippen LogP contribution in [0, 0.1) is 5.92 Å². The van der Waals surface area contributed by atoms with Crippen LogP contribution < -0.4 is 10.1 Å². The topological polar surface area (TPSA) is 90.3 Å². The molecule has 30 heavy (non-hydrogen) atoms. The fourth-order valence-electron chi connectivity index (χ4n) is 3.01. The number of nitrogens with one attached hydrogen (secondary N) is 1. The van der Waals surface area contributed by atoms with E-state index in [1.165, 1.54) is 13.1 Å². The Labute approximate surface area is 173 Å². The largest absolute Gasteiger partial charge is 0.437 e. The maximum Gasteiger partial charge on any atom is 0.302 e. The maximum absolute atomic E-state index is 14.0. The number of alkyl halides is 2. The van der Waals surface area contributed by atoms with Crippen molar-refractivity contribution in [2.45, 2.75) is 31.7 Å². The molecular weight excluding hydrogens is 416 g/mol. The number of carbonyl (C=O) groups excluding carboxylic acids is 1. The zero-order valence-corrected chi connectivity index (χ0v) is 17.6. The number of carbonyl (C=O) groups is 1. The van der Waals surface area contributed by atoms with Gasteiger partial charge in [0, 0.05) is 25.6 Å². The lowest BCUT2D eigenvalue weighted by molar-refractivity contribution is 0.00472. The molecule has 1 aromatic carbocycles. The first-order valence-electron chi connectivity index (χ1n) is 9.33. The van der Waals surface area contributed by atoms with Crippen molar-refractivity contribution >= 4 is 15.7 Å². The van der Waals surface area contributed by atoms with Crippen LogP contribution in [0.5, 0.6) is 11.6 Å². The highest BCUT2D eigenvalue weighted by molar-refractivity contribution is 7.93. The quantitative estimate of drug-likeness (QED) is 0.681. The molecule has 0 unspecified atom stereocenters. The molecule has 1 saturated carbocycles. The summed E-state index contributed by atoms with van der Waals surface area (Å²) in [6, 6.07) is 7.85. The second kappa shape index (κ2) is 8.17. The van der Waals surface area contributed by atoms with Crippen LogP contribution in [0.25, 0.3) is 0 Å². The molecule has 1 N–H and O–H groups in total. The Kier molecular flexibility index (Phi) is 5.98. The number of ether oxygens (including phenoxy) is 1. The summed E-state index contributed by atoms with van der Waals surface area (Å²) in [4.78, 5) is 16.9. The molecule has 1 aliphatic carbocycles. The molecule has 7 nitrogen and oxygen atoms in total. The summed E-state index contributed by atoms with van der Waals surface area (Å²) in [5.41, 5.74) is -0.172. The van der Waals surface area contributed by atoms with Crippen molar-refractivity contribution in [1.29, 1.82) is 0 Å². The van der Waals surface area contributed by atoms with Gasteiger partial charge in [0.1, 0.15) is 5.75 Å². The van der Waals surface area contributed by atoms with Gasteiger partial charge in [-0.3, -0.25) is 4.79 Å². The number of hydrogen-bond acceptors (Lipinski definition) is 5. The molecule has 1 atom stereocenters. The van der Waals surface area contributed by atoms with E-state index in [0.29, 0.717) is 12.7 Å². The average molecular weight is 439 g/mol. The van der Waals surface area contributed by atoms with Gasteiger partial charge in [-0.25, -0.2) is 8.42 Å². The van der Waals surface area contributed by atoms with Crippen LogP contribution in [0.1, 0.15) is 36.1 Å². The number of halogens is 2. The smallest absolute Gasteiger partial charge is 0.302 e. The lowest BCUT2D eigenvalue weighted by Crippen LogP contribution is -2.36. The third-order valence-corrected chi connectivity index (χ3v) is 5.24. The second-order valence-corrected chi connectivity index (χ2v) is 9.38. The second-order valence-electron chi connectivity index (χ2n) is 7.45. The minimum atomic E-state index is -3.37. The number of nitrogens with zero attached hydrogens (tertiary/aromatic N) is 2. The minimum Gasteiger partial charge on any atom is -0.437 e. The van der Waals surface area contributed by atoms with E-state index in [9.17, 15) is 22.0 Å². The van der Waals surface area contributed by atoms with E-state index in [2.05, 4.69) is 10.3 Å². The zero-order chi connectivity index (χ0) is 22.1. The Bertz CT molecular complexity index is 1060. The van der Waals surface area contributed by atoms with Gasteiger partial charge < -0.3 is 14.6 Å². The molecule has 0 radical (unpaired) electrons. The fourth-order valence-corrected chi connectivity index (χ4v) is 3.47. The number of sulfone groups is 1. The summed E-state index contributed by atoms with van der Waals surface area (Å²) < 4.78 is 57.5. The van der Waals surface area contributed by atoms with Gasteiger partial charge >= 0.3 is 5.92 Å². The zero-order valence-electron chi connectivity index (χ0n) is 16.8. The fraction of sp³-hybridized carbons (Fsp3) is 0.400. The number of amides is 1. The van der Waals surface area contributed by atoms with Gasteiger partial charge in [-0.2, -0.15) is 13.8 Å². The molecule has 1 heterocycles. The first kappa shape index (κ1) is 21.9. The molecular formula is C20H23F2N3O4S. The van der Waals surface area contributed by atoms with E-state index in [1.807, 2.05) is 0 Å². The Hall–Kier alpha value is -2.75. The lowest BCUT2D eigenvalue weighted by Gasteiger charge is -2.16. The monoisotopic (exact) mass is 439 g/mol. The van der Waals surface area contributed by atoms with Crippen LogP contribution in [0.2, 0.25) is 0 Å². The van der Waals surface area contributed by atoms with Gasteiger partial charge in [0.15, 0.2) is 21.4 Å². The number of imidazole rings is 1. The van der Waals surface area contributed by atoms with Crippen molar-refractivity contribution in [3.8, 4) is 11.6 Å². The van der Waals surface area contributed by atoms with Crippen LogP contribution in [0.3, 0.4) is 0 Å². The SMILES string of the molecule is Cn1c(C(C)(F)F)nc(Oc2ccccc2)c1C(=O)N[C@H](/C=C/S(C)(=O)=O)C1CC1. The molecule has 0 bridgehead atoms. The number of para-hydroxylation sites is 1. The van der Waals surface area contributed by atoms with E-state index in [-0.39, 0.29) is 17.5 Å². The van der Waals surface area contributed by atoms with Gasteiger partial charge in [0.05, 0.1) is 6.04 Å². The van der Waals surface area contributed by atoms with E-state index in [1.54, 1.807) is 30.3 Å². The first-order valence-corrected chi connectivity index (χ1v) is 11.3. The Morgan fingerprint density at radius 1 is 1.33 bits per heavy atom. The average Bonchev–Trinajstić information content (AvgIpc) is 3.42. The summed E-state index contributed by atoms with van der Waals surface area (Å²) in [5.74, 6) is -4.42. The van der Waals surface area contributed by atoms with Crippen LogP contribution in [0.15, 0.2) is 41.8 Å². The normalized spacial score (nSPS) is 15.9. The third kappa shape index (κ3) is 5.44. The van der Waals surface area contributed by atoms with Crippen LogP contribution in [-0.2, 0) is 22.8 Å². The molecule has 2 aromatic rings. The van der Waals surface area contributed by atoms with E-state index >= 15 is 0 Å². The van der Waals surface area contributed by atoms with Crippen molar-refractivity contribution < 1.29 is 26.7 Å². The van der Waals surface area contributed by atoms with Crippen molar-refractivity contribution in [1.82, 2.24) is 14.9 Å². The maximum atomic E-state index is 14.0. The minimum absolute atomic E-state index is 0.0887. The Morgan fingerprint density at radius 3 is 2.50 bits per heavy atom. The molecule has 0 saturated heterocycles. The van der Waals surface area contributed by atoms with Crippen molar-refractivity contribution in [2.24, 2.45) is 13.0 Å². The third-order valence-electron chi connectivity index (χ3n) is 4.59. The van der Waals surface area contributed by atoms with Gasteiger partial charge in [0.2, 0.25) is 0 Å². The van der Waals surface area contributed by atoms with Crippen molar-refractivity contribution in [3.05, 3.63) is 53.3 Å². The number of aromatic nitrogens is 2. The molecule has 3 rings (SSSR count). The van der Waals surface area contributed by atoms with E-state index < -0.39 is 33.5 Å². The number of benzene rings is 1.